The van der Waals surface area contributed by atoms with Crippen LogP contribution in [-0.2, 0) is 14.3 Å². The van der Waals surface area contributed by atoms with E-state index in [2.05, 4.69) is 5.32 Å². The van der Waals surface area contributed by atoms with Crippen LogP contribution in [0.5, 0.6) is 0 Å². The summed E-state index contributed by atoms with van der Waals surface area (Å²) in [5.41, 5.74) is 1.05. The standard InChI is InChI=1S/C23H22N2O5/c26-19(14-25-22(28)17-12-6-7-13-18(17)23(25)29)30-20(15-8-2-1-3-9-15)21(27)24-16-10-4-5-11-16/h1-3,6-9,12-13,16,20H,4-5,10-11,14H2,(H,24,27). The third-order valence-electron chi connectivity index (χ3n) is 5.46. The maximum atomic E-state index is 12.8. The van der Waals surface area contributed by atoms with E-state index in [0.29, 0.717) is 5.56 Å². The third kappa shape index (κ3) is 3.96. The first kappa shape index (κ1) is 19.8. The molecule has 0 aromatic heterocycles. The lowest BCUT2D eigenvalue weighted by Crippen LogP contribution is -2.40. The lowest BCUT2D eigenvalue weighted by Gasteiger charge is -2.21. The Morgan fingerprint density at radius 2 is 1.50 bits per heavy atom. The molecule has 154 valence electrons. The molecular weight excluding hydrogens is 384 g/mol. The van der Waals surface area contributed by atoms with Crippen molar-refractivity contribution in [3.05, 3.63) is 71.3 Å². The number of nitrogens with one attached hydrogen (secondary N) is 1. The van der Waals surface area contributed by atoms with E-state index in [4.69, 9.17) is 4.74 Å². The molecule has 1 heterocycles. The average molecular weight is 406 g/mol. The Balaban J connectivity index is 1.47. The van der Waals surface area contributed by atoms with Gasteiger partial charge in [-0.05, 0) is 25.0 Å². The second kappa shape index (κ2) is 8.49. The van der Waals surface area contributed by atoms with Gasteiger partial charge < -0.3 is 10.1 Å². The first-order valence-electron chi connectivity index (χ1n) is 10.0. The molecule has 2 aromatic carbocycles. The lowest BCUT2D eigenvalue weighted by atomic mass is 10.1. The van der Waals surface area contributed by atoms with Gasteiger partial charge in [-0.15, -0.1) is 0 Å². The van der Waals surface area contributed by atoms with Gasteiger partial charge in [0, 0.05) is 11.6 Å². The van der Waals surface area contributed by atoms with E-state index < -0.39 is 36.3 Å². The summed E-state index contributed by atoms with van der Waals surface area (Å²) in [5.74, 6) is -2.30. The predicted molar refractivity (Wildman–Crippen MR) is 107 cm³/mol. The smallest absolute Gasteiger partial charge is 0.327 e. The minimum Gasteiger partial charge on any atom is -0.446 e. The van der Waals surface area contributed by atoms with Gasteiger partial charge in [0.2, 0.25) is 6.10 Å². The zero-order valence-corrected chi connectivity index (χ0v) is 16.4. The van der Waals surface area contributed by atoms with Gasteiger partial charge in [-0.3, -0.25) is 24.1 Å². The molecule has 7 heteroatoms. The van der Waals surface area contributed by atoms with E-state index in [1.807, 2.05) is 0 Å². The van der Waals surface area contributed by atoms with Crippen molar-refractivity contribution in [3.63, 3.8) is 0 Å². The number of fused-ring (bicyclic) bond motifs is 1. The molecule has 0 bridgehead atoms. The number of imide groups is 1. The summed E-state index contributed by atoms with van der Waals surface area (Å²) in [6, 6.07) is 15.2. The highest BCUT2D eigenvalue weighted by atomic mass is 16.5. The van der Waals surface area contributed by atoms with Crippen molar-refractivity contribution in [2.45, 2.75) is 37.8 Å². The van der Waals surface area contributed by atoms with Gasteiger partial charge in [-0.1, -0.05) is 55.3 Å². The van der Waals surface area contributed by atoms with E-state index in [9.17, 15) is 19.2 Å². The maximum Gasteiger partial charge on any atom is 0.327 e. The van der Waals surface area contributed by atoms with Crippen molar-refractivity contribution in [3.8, 4) is 0 Å². The first-order valence-corrected chi connectivity index (χ1v) is 10.0. The van der Waals surface area contributed by atoms with Gasteiger partial charge in [0.05, 0.1) is 11.1 Å². The second-order valence-corrected chi connectivity index (χ2v) is 7.51. The highest BCUT2D eigenvalue weighted by Gasteiger charge is 2.37. The van der Waals surface area contributed by atoms with Crippen molar-refractivity contribution >= 4 is 23.7 Å². The van der Waals surface area contributed by atoms with E-state index in [1.165, 1.54) is 0 Å². The van der Waals surface area contributed by atoms with Crippen LogP contribution >= 0.6 is 0 Å². The van der Waals surface area contributed by atoms with Gasteiger partial charge in [0.25, 0.3) is 17.7 Å². The molecular formula is C23H22N2O5. The van der Waals surface area contributed by atoms with Crippen LogP contribution in [0.25, 0.3) is 0 Å². The molecule has 3 amide bonds. The zero-order chi connectivity index (χ0) is 21.1. The molecule has 30 heavy (non-hydrogen) atoms. The minimum absolute atomic E-state index is 0.0682. The summed E-state index contributed by atoms with van der Waals surface area (Å²) >= 11 is 0. The van der Waals surface area contributed by atoms with Crippen LogP contribution in [0.15, 0.2) is 54.6 Å². The van der Waals surface area contributed by atoms with Crippen LogP contribution in [0.1, 0.15) is 58.1 Å². The number of hydrogen-bond acceptors (Lipinski definition) is 5. The quantitative estimate of drug-likeness (QED) is 0.588. The van der Waals surface area contributed by atoms with Gasteiger partial charge in [-0.2, -0.15) is 0 Å². The molecule has 1 unspecified atom stereocenters. The van der Waals surface area contributed by atoms with Crippen LogP contribution in [0.2, 0.25) is 0 Å². The number of ether oxygens (including phenoxy) is 1. The number of hydrogen-bond donors (Lipinski definition) is 1. The maximum absolute atomic E-state index is 12.8. The number of rotatable bonds is 6. The minimum atomic E-state index is -1.14. The molecule has 1 N–H and O–H groups in total. The zero-order valence-electron chi connectivity index (χ0n) is 16.4. The number of carbonyl (C=O) groups excluding carboxylic acids is 4. The molecule has 0 saturated heterocycles. The van der Waals surface area contributed by atoms with Crippen molar-refractivity contribution in [2.24, 2.45) is 0 Å². The molecule has 4 rings (SSSR count). The Kier molecular flexibility index (Phi) is 5.61. The summed E-state index contributed by atoms with van der Waals surface area (Å²) in [6.45, 7) is -0.549. The second-order valence-electron chi connectivity index (χ2n) is 7.51. The molecule has 7 nitrogen and oxygen atoms in total. The normalized spacial score (nSPS) is 17.0. The van der Waals surface area contributed by atoms with E-state index in [1.54, 1.807) is 54.6 Å². The number of esters is 1. The van der Waals surface area contributed by atoms with E-state index in [0.717, 1.165) is 30.6 Å². The number of nitrogens with zero attached hydrogens (tertiary/aromatic N) is 1. The van der Waals surface area contributed by atoms with Crippen LogP contribution in [-0.4, -0.2) is 41.2 Å². The predicted octanol–water partition coefficient (Wildman–Crippen LogP) is 2.63. The fraction of sp³-hybridized carbons (Fsp3) is 0.304. The fourth-order valence-electron chi connectivity index (χ4n) is 3.93. The first-order chi connectivity index (χ1) is 14.5. The number of benzene rings is 2. The fourth-order valence-corrected chi connectivity index (χ4v) is 3.93. The van der Waals surface area contributed by atoms with Gasteiger partial charge in [-0.25, -0.2) is 0 Å². The Bertz CT molecular complexity index is 947. The van der Waals surface area contributed by atoms with Crippen LogP contribution in [0, 0.1) is 0 Å². The van der Waals surface area contributed by atoms with E-state index in [-0.39, 0.29) is 17.2 Å². The van der Waals surface area contributed by atoms with Crippen molar-refractivity contribution in [1.29, 1.82) is 0 Å². The molecule has 2 aromatic rings. The molecule has 1 aliphatic heterocycles. The van der Waals surface area contributed by atoms with Gasteiger partial charge in [0.1, 0.15) is 6.54 Å². The lowest BCUT2D eigenvalue weighted by molar-refractivity contribution is -0.156. The molecule has 1 saturated carbocycles. The highest BCUT2D eigenvalue weighted by molar-refractivity contribution is 6.22. The van der Waals surface area contributed by atoms with E-state index >= 15 is 0 Å². The molecule has 0 spiro atoms. The third-order valence-corrected chi connectivity index (χ3v) is 5.46. The van der Waals surface area contributed by atoms with Crippen LogP contribution in [0.4, 0.5) is 0 Å². The monoisotopic (exact) mass is 406 g/mol. The molecule has 1 atom stereocenters. The topological polar surface area (TPSA) is 92.8 Å². The van der Waals surface area contributed by atoms with Crippen molar-refractivity contribution < 1.29 is 23.9 Å². The van der Waals surface area contributed by atoms with Gasteiger partial charge >= 0.3 is 5.97 Å². The molecule has 0 radical (unpaired) electrons. The van der Waals surface area contributed by atoms with Crippen LogP contribution in [0.3, 0.4) is 0 Å². The summed E-state index contributed by atoms with van der Waals surface area (Å²) in [4.78, 5) is 51.3. The van der Waals surface area contributed by atoms with Crippen LogP contribution < -0.4 is 5.32 Å². The summed E-state index contributed by atoms with van der Waals surface area (Å²) in [7, 11) is 0. The molecule has 1 aliphatic carbocycles. The summed E-state index contributed by atoms with van der Waals surface area (Å²) in [6.07, 6.45) is 2.77. The Hall–Kier alpha value is -3.48. The highest BCUT2D eigenvalue weighted by Crippen LogP contribution is 2.24. The molecule has 1 fully saturated rings. The SMILES string of the molecule is O=C(CN1C(=O)c2ccccc2C1=O)OC(C(=O)NC1CCCC1)c1ccccc1. The summed E-state index contributed by atoms with van der Waals surface area (Å²) in [5, 5.41) is 2.94. The Morgan fingerprint density at radius 1 is 0.933 bits per heavy atom. The largest absolute Gasteiger partial charge is 0.446 e. The Morgan fingerprint density at radius 3 is 2.10 bits per heavy atom. The average Bonchev–Trinajstić information content (AvgIpc) is 3.35. The van der Waals surface area contributed by atoms with Crippen molar-refractivity contribution in [2.75, 3.05) is 6.54 Å². The summed E-state index contributed by atoms with van der Waals surface area (Å²) < 4.78 is 5.47. The Labute approximate surface area is 174 Å². The number of carbonyl (C=O) groups is 4. The number of amides is 3. The van der Waals surface area contributed by atoms with Gasteiger partial charge in [0.15, 0.2) is 0 Å². The van der Waals surface area contributed by atoms with Crippen molar-refractivity contribution in [1.82, 2.24) is 10.2 Å². The molecule has 2 aliphatic rings.